The molecule has 0 unspecified atom stereocenters. The monoisotopic (exact) mass is 357 g/mol. The summed E-state index contributed by atoms with van der Waals surface area (Å²) in [6, 6.07) is 9.61. The summed E-state index contributed by atoms with van der Waals surface area (Å²) in [5, 5.41) is 18.7. The van der Waals surface area contributed by atoms with E-state index >= 15 is 0 Å². The van der Waals surface area contributed by atoms with Crippen LogP contribution < -0.4 is 4.74 Å². The second-order valence-corrected chi connectivity index (χ2v) is 6.43. The number of carboxylic acids is 1. The molecule has 0 radical (unpaired) electrons. The Balaban J connectivity index is 1.94. The lowest BCUT2D eigenvalue weighted by Crippen LogP contribution is -2.33. The Labute approximate surface area is 150 Å². The number of benzene rings is 1. The van der Waals surface area contributed by atoms with Gasteiger partial charge in [0.1, 0.15) is 6.10 Å². The minimum Gasteiger partial charge on any atom is -0.475 e. The van der Waals surface area contributed by atoms with Crippen molar-refractivity contribution >= 4 is 17.6 Å². The highest BCUT2D eigenvalue weighted by molar-refractivity contribution is 6.31. The fourth-order valence-electron chi connectivity index (χ4n) is 2.72. The van der Waals surface area contributed by atoms with E-state index in [9.17, 15) is 9.90 Å². The van der Waals surface area contributed by atoms with Crippen LogP contribution >= 0.6 is 11.6 Å². The molecular weight excluding hydrogens is 342 g/mol. The molecule has 0 aliphatic heterocycles. The molecule has 2 aromatic rings. The Morgan fingerprint density at radius 2 is 2.12 bits per heavy atom. The van der Waals surface area contributed by atoms with Crippen LogP contribution in [0.3, 0.4) is 0 Å². The van der Waals surface area contributed by atoms with Gasteiger partial charge in [-0.1, -0.05) is 29.8 Å². The predicted molar refractivity (Wildman–Crippen MR) is 90.7 cm³/mol. The van der Waals surface area contributed by atoms with E-state index in [1.54, 1.807) is 13.0 Å². The van der Waals surface area contributed by atoms with Crippen LogP contribution in [-0.4, -0.2) is 27.1 Å². The van der Waals surface area contributed by atoms with E-state index in [-0.39, 0.29) is 23.7 Å². The molecule has 0 amide bonds. The van der Waals surface area contributed by atoms with Gasteiger partial charge in [-0.15, -0.1) is 0 Å². The number of nitrogens with zero attached hydrogens (tertiary/aromatic N) is 3. The Kier molecular flexibility index (Phi) is 4.86. The molecular formula is C18H16ClN3O3. The molecule has 1 N–H and O–H groups in total. The van der Waals surface area contributed by atoms with Crippen molar-refractivity contribution in [2.75, 3.05) is 0 Å². The summed E-state index contributed by atoms with van der Waals surface area (Å²) >= 11 is 6.23. The number of carbonyl (C=O) groups is 1. The number of aromatic carboxylic acids is 1. The van der Waals surface area contributed by atoms with Crippen LogP contribution in [-0.2, 0) is 6.42 Å². The van der Waals surface area contributed by atoms with Crippen molar-refractivity contribution in [3.8, 4) is 11.9 Å². The lowest BCUT2D eigenvalue weighted by atomic mass is 9.83. The van der Waals surface area contributed by atoms with Crippen molar-refractivity contribution in [2.45, 2.75) is 32.3 Å². The smallest absolute Gasteiger partial charge is 0.374 e. The molecule has 7 heteroatoms. The minimum absolute atomic E-state index is 0.0149. The minimum atomic E-state index is -1.21. The van der Waals surface area contributed by atoms with Crippen molar-refractivity contribution in [1.29, 1.82) is 5.26 Å². The van der Waals surface area contributed by atoms with Crippen LogP contribution in [0.15, 0.2) is 24.3 Å². The second-order valence-electron chi connectivity index (χ2n) is 6.03. The lowest BCUT2D eigenvalue weighted by molar-refractivity contribution is 0.0666. The predicted octanol–water partition coefficient (Wildman–Crippen LogP) is 3.41. The molecule has 1 fully saturated rings. The Morgan fingerprint density at radius 1 is 1.40 bits per heavy atom. The highest BCUT2D eigenvalue weighted by Crippen LogP contribution is 2.33. The van der Waals surface area contributed by atoms with E-state index in [0.717, 1.165) is 5.56 Å². The van der Waals surface area contributed by atoms with Crippen molar-refractivity contribution in [2.24, 2.45) is 5.92 Å². The number of carboxylic acid groups (broad SMARTS) is 1. The van der Waals surface area contributed by atoms with Crippen LogP contribution in [0.2, 0.25) is 5.02 Å². The summed E-state index contributed by atoms with van der Waals surface area (Å²) in [4.78, 5) is 19.4. The van der Waals surface area contributed by atoms with Gasteiger partial charge in [-0.2, -0.15) is 10.2 Å². The molecule has 0 saturated heterocycles. The Morgan fingerprint density at radius 3 is 2.76 bits per heavy atom. The van der Waals surface area contributed by atoms with Crippen LogP contribution in [0, 0.1) is 24.2 Å². The fraction of sp³-hybridized carbons (Fsp3) is 0.333. The summed E-state index contributed by atoms with van der Waals surface area (Å²) in [7, 11) is 0. The Bertz CT molecular complexity index is 857. The summed E-state index contributed by atoms with van der Waals surface area (Å²) in [6.45, 7) is 1.73. The average Bonchev–Trinajstić information content (AvgIpc) is 2.54. The standard InChI is InChI=1S/C18H16ClN3O3/c1-10-14(8-12-4-2-3-5-15(12)19)17(22-16(21-10)18(23)24)25-13-6-11(7-13)9-20/h2-5,11,13H,6-8H2,1H3,(H,23,24)/t11-,13-. The molecule has 0 bridgehead atoms. The summed E-state index contributed by atoms with van der Waals surface area (Å²) in [5.41, 5.74) is 2.13. The number of aromatic nitrogens is 2. The maximum absolute atomic E-state index is 11.3. The first-order valence-corrected chi connectivity index (χ1v) is 8.26. The van der Waals surface area contributed by atoms with Crippen molar-refractivity contribution in [3.05, 3.63) is 51.9 Å². The highest BCUT2D eigenvalue weighted by Gasteiger charge is 2.32. The SMILES string of the molecule is Cc1nc(C(=O)O)nc(O[C@H]2C[C@H](C#N)C2)c1Cc1ccccc1Cl. The zero-order chi connectivity index (χ0) is 18.0. The number of rotatable bonds is 5. The van der Waals surface area contributed by atoms with E-state index in [1.165, 1.54) is 0 Å². The van der Waals surface area contributed by atoms with Crippen LogP contribution in [0.25, 0.3) is 0 Å². The summed E-state index contributed by atoms with van der Waals surface area (Å²) < 4.78 is 5.89. The molecule has 1 aliphatic carbocycles. The molecule has 1 aromatic heterocycles. The van der Waals surface area contributed by atoms with Gasteiger partial charge in [0.25, 0.3) is 0 Å². The van der Waals surface area contributed by atoms with Gasteiger partial charge in [0.05, 0.1) is 12.0 Å². The molecule has 6 nitrogen and oxygen atoms in total. The third-order valence-corrected chi connectivity index (χ3v) is 4.62. The maximum Gasteiger partial charge on any atom is 0.374 e. The van der Waals surface area contributed by atoms with E-state index in [0.29, 0.717) is 35.5 Å². The number of hydrogen-bond acceptors (Lipinski definition) is 5. The van der Waals surface area contributed by atoms with Crippen molar-refractivity contribution in [3.63, 3.8) is 0 Å². The van der Waals surface area contributed by atoms with Gasteiger partial charge < -0.3 is 9.84 Å². The third kappa shape index (κ3) is 3.72. The molecule has 128 valence electrons. The van der Waals surface area contributed by atoms with Gasteiger partial charge >= 0.3 is 5.97 Å². The van der Waals surface area contributed by atoms with E-state index in [1.807, 2.05) is 18.2 Å². The third-order valence-electron chi connectivity index (χ3n) is 4.25. The molecule has 1 aliphatic rings. The van der Waals surface area contributed by atoms with Crippen LogP contribution in [0.4, 0.5) is 0 Å². The maximum atomic E-state index is 11.3. The van der Waals surface area contributed by atoms with Gasteiger partial charge in [-0.25, -0.2) is 9.78 Å². The van der Waals surface area contributed by atoms with Gasteiger partial charge in [0.2, 0.25) is 11.7 Å². The molecule has 1 aromatic carbocycles. The van der Waals surface area contributed by atoms with Crippen molar-refractivity contribution in [1.82, 2.24) is 9.97 Å². The highest BCUT2D eigenvalue weighted by atomic mass is 35.5. The average molecular weight is 358 g/mol. The molecule has 0 spiro atoms. The number of nitriles is 1. The molecule has 25 heavy (non-hydrogen) atoms. The number of hydrogen-bond donors (Lipinski definition) is 1. The fourth-order valence-corrected chi connectivity index (χ4v) is 2.93. The first-order valence-electron chi connectivity index (χ1n) is 7.88. The van der Waals surface area contributed by atoms with E-state index < -0.39 is 5.97 Å². The van der Waals surface area contributed by atoms with Gasteiger partial charge in [-0.05, 0) is 18.6 Å². The largest absolute Gasteiger partial charge is 0.475 e. The summed E-state index contributed by atoms with van der Waals surface area (Å²) in [5.74, 6) is -1.27. The Hall–Kier alpha value is -2.65. The number of aryl methyl sites for hydroxylation is 1. The quantitative estimate of drug-likeness (QED) is 0.880. The first-order chi connectivity index (χ1) is 12.0. The first kappa shape index (κ1) is 17.2. The summed E-state index contributed by atoms with van der Waals surface area (Å²) in [6.07, 6.45) is 1.54. The van der Waals surface area contributed by atoms with Gasteiger partial charge in [-0.3, -0.25) is 0 Å². The van der Waals surface area contributed by atoms with E-state index in [2.05, 4.69) is 16.0 Å². The van der Waals surface area contributed by atoms with Crippen LogP contribution in [0.1, 0.15) is 40.3 Å². The van der Waals surface area contributed by atoms with Gasteiger partial charge in [0, 0.05) is 35.5 Å². The number of ether oxygens (including phenoxy) is 1. The second kappa shape index (κ2) is 7.08. The van der Waals surface area contributed by atoms with Crippen LogP contribution in [0.5, 0.6) is 5.88 Å². The molecule has 0 atom stereocenters. The van der Waals surface area contributed by atoms with Crippen molar-refractivity contribution < 1.29 is 14.6 Å². The number of halogens is 1. The topological polar surface area (TPSA) is 96.1 Å². The molecule has 1 heterocycles. The normalized spacial score (nSPS) is 18.9. The lowest BCUT2D eigenvalue weighted by Gasteiger charge is -2.31. The van der Waals surface area contributed by atoms with Gasteiger partial charge in [0.15, 0.2) is 0 Å². The zero-order valence-electron chi connectivity index (χ0n) is 13.6. The van der Waals surface area contributed by atoms with E-state index in [4.69, 9.17) is 21.6 Å². The zero-order valence-corrected chi connectivity index (χ0v) is 14.3. The molecule has 1 saturated carbocycles. The molecule has 3 rings (SSSR count).